The van der Waals surface area contributed by atoms with E-state index in [1.165, 1.54) is 32.1 Å². The van der Waals surface area contributed by atoms with Crippen LogP contribution in [-0.2, 0) is 4.79 Å². The molecule has 126 valence electrons. The van der Waals surface area contributed by atoms with Crippen molar-refractivity contribution in [2.75, 3.05) is 12.3 Å². The van der Waals surface area contributed by atoms with Crippen molar-refractivity contribution >= 4 is 47.3 Å². The maximum absolute atomic E-state index is 10.2. The van der Waals surface area contributed by atoms with E-state index in [1.807, 2.05) is 0 Å². The summed E-state index contributed by atoms with van der Waals surface area (Å²) in [4.78, 5) is 10.2. The van der Waals surface area contributed by atoms with Crippen LogP contribution in [0.2, 0.25) is 10.0 Å². The molecular formula is C15H23Cl3N2O2. The van der Waals surface area contributed by atoms with E-state index in [0.717, 1.165) is 0 Å². The van der Waals surface area contributed by atoms with Crippen LogP contribution in [0.1, 0.15) is 38.5 Å². The SMILES string of the molecule is Cl.Nc1ccc(Cl)c(Cl)c1.O=C(O)CCNC1CCCCC1. The number of nitrogens with two attached hydrogens (primary N) is 1. The molecule has 1 saturated carbocycles. The van der Waals surface area contributed by atoms with Gasteiger partial charge in [-0.05, 0) is 31.0 Å². The zero-order chi connectivity index (χ0) is 15.7. The van der Waals surface area contributed by atoms with E-state index in [9.17, 15) is 4.79 Å². The summed E-state index contributed by atoms with van der Waals surface area (Å²) >= 11 is 11.2. The molecule has 1 aromatic carbocycles. The first-order chi connectivity index (χ1) is 9.99. The Balaban J connectivity index is 0.000000397. The monoisotopic (exact) mass is 368 g/mol. The fourth-order valence-electron chi connectivity index (χ4n) is 2.20. The number of carboxylic acid groups (broad SMARTS) is 1. The Bertz CT molecular complexity index is 452. The lowest BCUT2D eigenvalue weighted by Gasteiger charge is -2.22. The largest absolute Gasteiger partial charge is 0.481 e. The number of aliphatic carboxylic acids is 1. The van der Waals surface area contributed by atoms with Gasteiger partial charge in [-0.3, -0.25) is 4.79 Å². The minimum atomic E-state index is -0.710. The van der Waals surface area contributed by atoms with Crippen LogP contribution < -0.4 is 11.1 Å². The third-order valence-corrected chi connectivity index (χ3v) is 4.06. The van der Waals surface area contributed by atoms with E-state index in [4.69, 9.17) is 34.0 Å². The van der Waals surface area contributed by atoms with Crippen LogP contribution in [0.5, 0.6) is 0 Å². The molecule has 0 aliphatic heterocycles. The molecule has 0 radical (unpaired) electrons. The predicted molar refractivity (Wildman–Crippen MR) is 95.3 cm³/mol. The summed E-state index contributed by atoms with van der Waals surface area (Å²) in [7, 11) is 0. The van der Waals surface area contributed by atoms with E-state index in [1.54, 1.807) is 18.2 Å². The van der Waals surface area contributed by atoms with E-state index >= 15 is 0 Å². The van der Waals surface area contributed by atoms with Gasteiger partial charge in [0.05, 0.1) is 16.5 Å². The number of carboxylic acids is 1. The molecule has 0 amide bonds. The predicted octanol–water partition coefficient (Wildman–Crippen LogP) is 4.38. The maximum Gasteiger partial charge on any atom is 0.304 e. The molecule has 0 atom stereocenters. The third kappa shape index (κ3) is 9.36. The highest BCUT2D eigenvalue weighted by molar-refractivity contribution is 6.42. The second-order valence-electron chi connectivity index (χ2n) is 5.11. The summed E-state index contributed by atoms with van der Waals surface area (Å²) < 4.78 is 0. The van der Waals surface area contributed by atoms with Crippen molar-refractivity contribution in [1.82, 2.24) is 5.32 Å². The Labute approximate surface area is 147 Å². The van der Waals surface area contributed by atoms with Crippen molar-refractivity contribution in [3.8, 4) is 0 Å². The van der Waals surface area contributed by atoms with E-state index in [-0.39, 0.29) is 18.8 Å². The van der Waals surface area contributed by atoms with Crippen molar-refractivity contribution in [2.24, 2.45) is 0 Å². The number of hydrogen-bond acceptors (Lipinski definition) is 3. The average Bonchev–Trinajstić information content (AvgIpc) is 2.45. The van der Waals surface area contributed by atoms with Crippen molar-refractivity contribution < 1.29 is 9.90 Å². The first-order valence-corrected chi connectivity index (χ1v) is 7.90. The van der Waals surface area contributed by atoms with Crippen LogP contribution in [0.25, 0.3) is 0 Å². The molecule has 4 nitrogen and oxygen atoms in total. The normalized spacial score (nSPS) is 14.5. The Morgan fingerprint density at radius 2 is 1.86 bits per heavy atom. The fraction of sp³-hybridized carbons (Fsp3) is 0.533. The highest BCUT2D eigenvalue weighted by Crippen LogP contribution is 2.23. The van der Waals surface area contributed by atoms with Crippen LogP contribution >= 0.6 is 35.6 Å². The summed E-state index contributed by atoms with van der Waals surface area (Å²) in [6.07, 6.45) is 6.63. The van der Waals surface area contributed by atoms with Crippen LogP contribution in [0.4, 0.5) is 5.69 Å². The van der Waals surface area contributed by atoms with Crippen LogP contribution in [0.3, 0.4) is 0 Å². The van der Waals surface area contributed by atoms with E-state index in [0.29, 0.717) is 28.3 Å². The molecule has 4 N–H and O–H groups in total. The second-order valence-corrected chi connectivity index (χ2v) is 5.92. The Hall–Kier alpha value is -0.680. The van der Waals surface area contributed by atoms with Crippen molar-refractivity contribution in [3.63, 3.8) is 0 Å². The molecule has 1 aliphatic carbocycles. The molecule has 0 heterocycles. The Kier molecular flexibility index (Phi) is 11.5. The number of benzene rings is 1. The van der Waals surface area contributed by atoms with Crippen molar-refractivity contribution in [3.05, 3.63) is 28.2 Å². The lowest BCUT2D eigenvalue weighted by Crippen LogP contribution is -2.32. The molecule has 0 saturated heterocycles. The van der Waals surface area contributed by atoms with Gasteiger partial charge in [-0.25, -0.2) is 0 Å². The summed E-state index contributed by atoms with van der Waals surface area (Å²) in [5, 5.41) is 12.7. The van der Waals surface area contributed by atoms with Gasteiger partial charge in [0.15, 0.2) is 0 Å². The van der Waals surface area contributed by atoms with Crippen LogP contribution in [0.15, 0.2) is 18.2 Å². The number of hydrogen-bond donors (Lipinski definition) is 3. The molecular weight excluding hydrogens is 347 g/mol. The topological polar surface area (TPSA) is 75.4 Å². The number of nitrogens with one attached hydrogen (secondary N) is 1. The number of nitrogen functional groups attached to an aromatic ring is 1. The molecule has 7 heteroatoms. The molecule has 1 aromatic rings. The molecule has 0 bridgehead atoms. The van der Waals surface area contributed by atoms with Gasteiger partial charge in [-0.15, -0.1) is 12.4 Å². The quantitative estimate of drug-likeness (QED) is 0.688. The molecule has 1 aliphatic rings. The molecule has 0 aromatic heterocycles. The van der Waals surface area contributed by atoms with Gasteiger partial charge in [0.1, 0.15) is 0 Å². The minimum absolute atomic E-state index is 0. The average molecular weight is 370 g/mol. The fourth-order valence-corrected chi connectivity index (χ4v) is 2.51. The summed E-state index contributed by atoms with van der Waals surface area (Å²) in [6.45, 7) is 0.625. The summed E-state index contributed by atoms with van der Waals surface area (Å²) in [5.74, 6) is -0.710. The lowest BCUT2D eigenvalue weighted by molar-refractivity contribution is -0.136. The zero-order valence-electron chi connectivity index (χ0n) is 12.4. The smallest absolute Gasteiger partial charge is 0.304 e. The van der Waals surface area contributed by atoms with Crippen LogP contribution in [-0.4, -0.2) is 23.7 Å². The van der Waals surface area contributed by atoms with Gasteiger partial charge >= 0.3 is 5.97 Å². The second kappa shape index (κ2) is 11.8. The van der Waals surface area contributed by atoms with Gasteiger partial charge in [0, 0.05) is 18.3 Å². The van der Waals surface area contributed by atoms with Crippen LogP contribution in [0, 0.1) is 0 Å². The van der Waals surface area contributed by atoms with Gasteiger partial charge in [-0.1, -0.05) is 42.5 Å². The summed E-state index contributed by atoms with van der Waals surface area (Å²) in [6, 6.07) is 5.57. The minimum Gasteiger partial charge on any atom is -0.481 e. The maximum atomic E-state index is 10.2. The molecule has 2 rings (SSSR count). The van der Waals surface area contributed by atoms with Gasteiger partial charge in [0.2, 0.25) is 0 Å². The number of rotatable bonds is 4. The third-order valence-electron chi connectivity index (χ3n) is 3.32. The Morgan fingerprint density at radius 3 is 2.36 bits per heavy atom. The molecule has 0 unspecified atom stereocenters. The lowest BCUT2D eigenvalue weighted by atomic mass is 9.95. The standard InChI is InChI=1S/C9H17NO2.C6H5Cl2N.ClH/c11-9(12)6-7-10-8-4-2-1-3-5-8;7-5-2-1-4(9)3-6(5)8;/h8,10H,1-7H2,(H,11,12);1-3H,9H2;1H. The van der Waals surface area contributed by atoms with Crippen molar-refractivity contribution in [2.45, 2.75) is 44.6 Å². The molecule has 1 fully saturated rings. The van der Waals surface area contributed by atoms with Gasteiger partial charge < -0.3 is 16.2 Å². The van der Waals surface area contributed by atoms with Gasteiger partial charge in [0.25, 0.3) is 0 Å². The summed E-state index contributed by atoms with van der Waals surface area (Å²) in [5.41, 5.74) is 6.01. The number of carbonyl (C=O) groups is 1. The van der Waals surface area contributed by atoms with E-state index in [2.05, 4.69) is 5.32 Å². The highest BCUT2D eigenvalue weighted by Gasteiger charge is 2.12. The first-order valence-electron chi connectivity index (χ1n) is 7.14. The molecule has 22 heavy (non-hydrogen) atoms. The zero-order valence-corrected chi connectivity index (χ0v) is 14.7. The number of halogens is 3. The Morgan fingerprint density at radius 1 is 1.23 bits per heavy atom. The molecule has 0 spiro atoms. The van der Waals surface area contributed by atoms with Crippen molar-refractivity contribution in [1.29, 1.82) is 0 Å². The number of anilines is 1. The highest BCUT2D eigenvalue weighted by atomic mass is 35.5. The first kappa shape index (κ1) is 21.3. The van der Waals surface area contributed by atoms with Gasteiger partial charge in [-0.2, -0.15) is 0 Å². The van der Waals surface area contributed by atoms with E-state index < -0.39 is 5.97 Å².